The number of fused-ring (bicyclic) bond motifs is 1. The fourth-order valence-electron chi connectivity index (χ4n) is 2.93. The van der Waals surface area contributed by atoms with E-state index in [9.17, 15) is 4.79 Å². The number of carbonyl (C=O) groups is 1. The average molecular weight is 304 g/mol. The Morgan fingerprint density at radius 1 is 1.27 bits per heavy atom. The van der Waals surface area contributed by atoms with E-state index >= 15 is 0 Å². The Kier molecular flexibility index (Phi) is 5.12. The van der Waals surface area contributed by atoms with E-state index in [1.165, 1.54) is 0 Å². The molecule has 2 unspecified atom stereocenters. The van der Waals surface area contributed by atoms with Gasteiger partial charge >= 0.3 is 0 Å². The number of nitrogens with two attached hydrogens (primary N) is 1. The molecule has 1 aromatic rings. The third-order valence-corrected chi connectivity index (χ3v) is 4.11. The van der Waals surface area contributed by atoms with Crippen LogP contribution in [0.15, 0.2) is 18.2 Å². The molecule has 0 fully saturated rings. The van der Waals surface area contributed by atoms with Gasteiger partial charge in [-0.05, 0) is 42.9 Å². The van der Waals surface area contributed by atoms with Crippen LogP contribution in [-0.4, -0.2) is 18.6 Å². The molecule has 0 bridgehead atoms. The summed E-state index contributed by atoms with van der Waals surface area (Å²) in [5, 5.41) is 0. The summed E-state index contributed by atoms with van der Waals surface area (Å²) >= 11 is 0. The van der Waals surface area contributed by atoms with E-state index < -0.39 is 6.10 Å². The first kappa shape index (κ1) is 16.8. The van der Waals surface area contributed by atoms with Gasteiger partial charge in [0.1, 0.15) is 5.75 Å². The standard InChI is InChI=1S/C18H28N2O2/c1-6-20-15-10-13(14(19)9-11(2)3)7-8-16(15)22-17(12(4)5)18(20)21/h7-8,10-12,14,17H,6,9,19H2,1-5H3. The van der Waals surface area contributed by atoms with Gasteiger partial charge in [-0.2, -0.15) is 0 Å². The molecule has 1 aromatic carbocycles. The molecule has 0 saturated carbocycles. The van der Waals surface area contributed by atoms with Crippen LogP contribution in [0.1, 0.15) is 52.6 Å². The van der Waals surface area contributed by atoms with E-state index in [1.807, 2.05) is 43.9 Å². The summed E-state index contributed by atoms with van der Waals surface area (Å²) in [5.74, 6) is 1.51. The molecule has 0 spiro atoms. The second-order valence-corrected chi connectivity index (χ2v) is 6.83. The Bertz CT molecular complexity index is 540. The van der Waals surface area contributed by atoms with Crippen molar-refractivity contribution >= 4 is 11.6 Å². The van der Waals surface area contributed by atoms with Crippen molar-refractivity contribution < 1.29 is 9.53 Å². The topological polar surface area (TPSA) is 55.6 Å². The molecule has 0 aliphatic carbocycles. The predicted molar refractivity (Wildman–Crippen MR) is 90.1 cm³/mol. The molecule has 2 N–H and O–H groups in total. The third kappa shape index (κ3) is 3.27. The van der Waals surface area contributed by atoms with Crippen molar-refractivity contribution in [1.82, 2.24) is 0 Å². The van der Waals surface area contributed by atoms with Crippen molar-refractivity contribution in [2.45, 2.75) is 53.2 Å². The quantitative estimate of drug-likeness (QED) is 0.905. The molecule has 0 saturated heterocycles. The minimum absolute atomic E-state index is 0.0121. The Morgan fingerprint density at radius 3 is 2.50 bits per heavy atom. The summed E-state index contributed by atoms with van der Waals surface area (Å²) < 4.78 is 5.92. The minimum atomic E-state index is -0.400. The van der Waals surface area contributed by atoms with Crippen molar-refractivity contribution in [3.63, 3.8) is 0 Å². The second kappa shape index (κ2) is 6.69. The first-order chi connectivity index (χ1) is 10.3. The maximum absolute atomic E-state index is 12.6. The molecule has 122 valence electrons. The molecule has 0 aromatic heterocycles. The number of nitrogens with zero attached hydrogens (tertiary/aromatic N) is 1. The van der Waals surface area contributed by atoms with Gasteiger partial charge in [-0.3, -0.25) is 4.79 Å². The van der Waals surface area contributed by atoms with E-state index in [2.05, 4.69) is 13.8 Å². The van der Waals surface area contributed by atoms with Crippen molar-refractivity contribution in [2.24, 2.45) is 17.6 Å². The summed E-state index contributed by atoms with van der Waals surface area (Å²) in [7, 11) is 0. The molecule has 1 heterocycles. The van der Waals surface area contributed by atoms with Crippen LogP contribution in [0.2, 0.25) is 0 Å². The Labute approximate surface area is 133 Å². The van der Waals surface area contributed by atoms with Crippen LogP contribution in [0.25, 0.3) is 0 Å². The number of rotatable bonds is 5. The van der Waals surface area contributed by atoms with Crippen LogP contribution in [0, 0.1) is 11.8 Å². The lowest BCUT2D eigenvalue weighted by Gasteiger charge is -2.36. The Hall–Kier alpha value is -1.55. The summed E-state index contributed by atoms with van der Waals surface area (Å²) in [6.45, 7) is 11.0. The predicted octanol–water partition coefficient (Wildman–Crippen LogP) is 3.50. The van der Waals surface area contributed by atoms with E-state index in [0.29, 0.717) is 12.5 Å². The fraction of sp³-hybridized carbons (Fsp3) is 0.611. The zero-order valence-corrected chi connectivity index (χ0v) is 14.3. The van der Waals surface area contributed by atoms with E-state index in [1.54, 1.807) is 0 Å². The summed E-state index contributed by atoms with van der Waals surface area (Å²) in [4.78, 5) is 14.4. The van der Waals surface area contributed by atoms with Gasteiger partial charge < -0.3 is 15.4 Å². The van der Waals surface area contributed by atoms with Crippen molar-refractivity contribution in [3.8, 4) is 5.75 Å². The average Bonchev–Trinajstić information content (AvgIpc) is 2.45. The van der Waals surface area contributed by atoms with Crippen molar-refractivity contribution in [3.05, 3.63) is 23.8 Å². The zero-order chi connectivity index (χ0) is 16.4. The Morgan fingerprint density at radius 2 is 1.95 bits per heavy atom. The minimum Gasteiger partial charge on any atom is -0.478 e. The molecule has 1 aliphatic rings. The van der Waals surface area contributed by atoms with Gasteiger partial charge in [0.25, 0.3) is 5.91 Å². The van der Waals surface area contributed by atoms with Crippen LogP contribution >= 0.6 is 0 Å². The molecule has 2 rings (SSSR count). The lowest BCUT2D eigenvalue weighted by molar-refractivity contribution is -0.128. The van der Waals surface area contributed by atoms with Crippen LogP contribution in [0.3, 0.4) is 0 Å². The molecule has 4 heteroatoms. The highest BCUT2D eigenvalue weighted by Gasteiger charge is 2.35. The number of amides is 1. The normalized spacial score (nSPS) is 19.4. The lowest BCUT2D eigenvalue weighted by Crippen LogP contribution is -2.48. The van der Waals surface area contributed by atoms with Crippen LogP contribution in [0.5, 0.6) is 5.75 Å². The number of carbonyl (C=O) groups excluding carboxylic acids is 1. The van der Waals surface area contributed by atoms with Gasteiger partial charge in [0.15, 0.2) is 6.10 Å². The molecule has 2 atom stereocenters. The molecule has 4 nitrogen and oxygen atoms in total. The number of anilines is 1. The van der Waals surface area contributed by atoms with Crippen molar-refractivity contribution in [1.29, 1.82) is 0 Å². The molecule has 0 radical (unpaired) electrons. The van der Waals surface area contributed by atoms with Gasteiger partial charge in [0, 0.05) is 12.6 Å². The van der Waals surface area contributed by atoms with Crippen molar-refractivity contribution in [2.75, 3.05) is 11.4 Å². The van der Waals surface area contributed by atoms with E-state index in [0.717, 1.165) is 23.4 Å². The zero-order valence-electron chi connectivity index (χ0n) is 14.3. The SMILES string of the molecule is CCN1C(=O)C(C(C)C)Oc2ccc(C(N)CC(C)C)cc21. The molecule has 1 aliphatic heterocycles. The number of likely N-dealkylation sites (N-methyl/N-ethyl adjacent to an activating group) is 1. The first-order valence-corrected chi connectivity index (χ1v) is 8.22. The Balaban J connectivity index is 2.36. The fourth-order valence-corrected chi connectivity index (χ4v) is 2.93. The monoisotopic (exact) mass is 304 g/mol. The smallest absolute Gasteiger partial charge is 0.268 e. The van der Waals surface area contributed by atoms with Gasteiger partial charge in [0.2, 0.25) is 0 Å². The van der Waals surface area contributed by atoms with Crippen LogP contribution in [0.4, 0.5) is 5.69 Å². The highest BCUT2D eigenvalue weighted by atomic mass is 16.5. The highest BCUT2D eigenvalue weighted by Crippen LogP contribution is 2.37. The lowest BCUT2D eigenvalue weighted by atomic mass is 9.96. The molecule has 1 amide bonds. The maximum atomic E-state index is 12.6. The van der Waals surface area contributed by atoms with Gasteiger partial charge in [-0.1, -0.05) is 33.8 Å². The maximum Gasteiger partial charge on any atom is 0.268 e. The number of hydrogen-bond donors (Lipinski definition) is 1. The van der Waals surface area contributed by atoms with Crippen LogP contribution in [-0.2, 0) is 4.79 Å². The van der Waals surface area contributed by atoms with E-state index in [4.69, 9.17) is 10.5 Å². The first-order valence-electron chi connectivity index (χ1n) is 8.22. The summed E-state index contributed by atoms with van der Waals surface area (Å²) in [6, 6.07) is 5.98. The molecular weight excluding hydrogens is 276 g/mol. The third-order valence-electron chi connectivity index (χ3n) is 4.11. The number of benzene rings is 1. The van der Waals surface area contributed by atoms with Gasteiger partial charge in [0.05, 0.1) is 5.69 Å². The highest BCUT2D eigenvalue weighted by molar-refractivity contribution is 6.00. The van der Waals surface area contributed by atoms with Crippen LogP contribution < -0.4 is 15.4 Å². The number of ether oxygens (including phenoxy) is 1. The van der Waals surface area contributed by atoms with Gasteiger partial charge in [-0.15, -0.1) is 0 Å². The second-order valence-electron chi connectivity index (χ2n) is 6.83. The summed E-state index contributed by atoms with van der Waals surface area (Å²) in [6.07, 6.45) is 0.525. The molecular formula is C18H28N2O2. The number of hydrogen-bond acceptors (Lipinski definition) is 3. The molecule has 22 heavy (non-hydrogen) atoms. The van der Waals surface area contributed by atoms with E-state index in [-0.39, 0.29) is 17.9 Å². The largest absolute Gasteiger partial charge is 0.478 e. The van der Waals surface area contributed by atoms with Gasteiger partial charge in [-0.25, -0.2) is 0 Å². The summed E-state index contributed by atoms with van der Waals surface area (Å²) in [5.41, 5.74) is 8.19.